The predicted molar refractivity (Wildman–Crippen MR) is 31.3 cm³/mol. The average Bonchev–Trinajstić information content (AvgIpc) is 2.44. The van der Waals surface area contributed by atoms with E-state index >= 15 is 0 Å². The van der Waals surface area contributed by atoms with E-state index < -0.39 is 40.7 Å². The first-order valence-electron chi connectivity index (χ1n) is 3.82. The molecule has 0 spiro atoms. The third kappa shape index (κ3) is 2.21. The Morgan fingerprint density at radius 3 is 1.39 bits per heavy atom. The molecule has 1 fully saturated rings. The van der Waals surface area contributed by atoms with Crippen LogP contribution in [0.3, 0.4) is 0 Å². The zero-order valence-electron chi connectivity index (χ0n) is 7.70. The number of hydroxylamine groups is 2. The smallest absolute Gasteiger partial charge is 0.309 e. The zero-order valence-corrected chi connectivity index (χ0v) is 7.70. The van der Waals surface area contributed by atoms with E-state index in [1.807, 2.05) is 0 Å². The van der Waals surface area contributed by atoms with E-state index in [1.165, 1.54) is 0 Å². The van der Waals surface area contributed by atoms with Gasteiger partial charge in [0.2, 0.25) is 0 Å². The number of hydrogen-bond acceptors (Lipinski definition) is 3. The van der Waals surface area contributed by atoms with Crippen LogP contribution in [0, 0.1) is 0 Å². The van der Waals surface area contributed by atoms with Gasteiger partial charge >= 0.3 is 18.8 Å². The molecule has 0 aliphatic carbocycles. The van der Waals surface area contributed by atoms with Gasteiger partial charge in [-0.15, -0.1) is 5.06 Å². The van der Waals surface area contributed by atoms with Crippen molar-refractivity contribution in [3.05, 3.63) is 0 Å². The summed E-state index contributed by atoms with van der Waals surface area (Å²) >= 11 is 0. The molecule has 0 saturated carbocycles. The van der Waals surface area contributed by atoms with Crippen LogP contribution < -0.4 is 0 Å². The Hall–Kier alpha value is -0.820. The SMILES string of the molecule is ON1C(C(F)(F)F)C1(F)N(C(F)(F)F)C(F)(F)F. The average molecular weight is 296 g/mol. The minimum absolute atomic E-state index is 1.70. The van der Waals surface area contributed by atoms with Crippen molar-refractivity contribution >= 4 is 0 Å². The monoisotopic (exact) mass is 296 g/mol. The second kappa shape index (κ2) is 3.60. The van der Waals surface area contributed by atoms with Crippen LogP contribution >= 0.6 is 0 Å². The van der Waals surface area contributed by atoms with E-state index in [0.29, 0.717) is 0 Å². The van der Waals surface area contributed by atoms with E-state index in [0.717, 1.165) is 0 Å². The molecule has 1 rings (SSSR count). The third-order valence-electron chi connectivity index (χ3n) is 1.98. The summed E-state index contributed by atoms with van der Waals surface area (Å²) in [5, 5.41) is 6.57. The fourth-order valence-corrected chi connectivity index (χ4v) is 1.32. The zero-order chi connectivity index (χ0) is 14.7. The van der Waals surface area contributed by atoms with Crippen LogP contribution in [0.1, 0.15) is 0 Å². The number of halogens is 10. The van der Waals surface area contributed by atoms with Crippen LogP contribution in [0.4, 0.5) is 43.9 Å². The molecule has 3 nitrogen and oxygen atoms in total. The van der Waals surface area contributed by atoms with Crippen molar-refractivity contribution in [1.82, 2.24) is 9.96 Å². The van der Waals surface area contributed by atoms with Gasteiger partial charge in [-0.05, 0) is 0 Å². The van der Waals surface area contributed by atoms with Gasteiger partial charge in [0.15, 0.2) is 6.04 Å². The first-order valence-corrected chi connectivity index (χ1v) is 3.82. The van der Waals surface area contributed by atoms with Crippen molar-refractivity contribution in [1.29, 1.82) is 0 Å². The summed E-state index contributed by atoms with van der Waals surface area (Å²) in [4.78, 5) is -2.95. The third-order valence-corrected chi connectivity index (χ3v) is 1.98. The maximum atomic E-state index is 13.2. The lowest BCUT2D eigenvalue weighted by Gasteiger charge is -2.29. The minimum atomic E-state index is -6.49. The molecule has 1 N–H and O–H groups in total. The van der Waals surface area contributed by atoms with Crippen LogP contribution in [-0.2, 0) is 0 Å². The summed E-state index contributed by atoms with van der Waals surface area (Å²) in [5.41, 5.74) is 0. The summed E-state index contributed by atoms with van der Waals surface area (Å²) in [6.07, 6.45) is -18.8. The van der Waals surface area contributed by atoms with E-state index in [2.05, 4.69) is 0 Å². The Morgan fingerprint density at radius 2 is 1.22 bits per heavy atom. The van der Waals surface area contributed by atoms with Crippen LogP contribution in [0.15, 0.2) is 0 Å². The highest BCUT2D eigenvalue weighted by atomic mass is 19.4. The molecule has 0 aromatic heterocycles. The van der Waals surface area contributed by atoms with E-state index in [9.17, 15) is 43.9 Å². The topological polar surface area (TPSA) is 26.5 Å². The van der Waals surface area contributed by atoms with Gasteiger partial charge < -0.3 is 5.21 Å². The van der Waals surface area contributed by atoms with Gasteiger partial charge in [0, 0.05) is 0 Å². The highest BCUT2D eigenvalue weighted by Crippen LogP contribution is 2.57. The van der Waals surface area contributed by atoms with Gasteiger partial charge in [0.25, 0.3) is 5.92 Å². The molecule has 0 aromatic carbocycles. The first kappa shape index (κ1) is 15.2. The van der Waals surface area contributed by atoms with Crippen LogP contribution in [0.5, 0.6) is 0 Å². The molecular formula is C5H2F10N2O. The lowest BCUT2D eigenvalue weighted by Crippen LogP contribution is -2.57. The number of alkyl halides is 10. The van der Waals surface area contributed by atoms with Crippen molar-refractivity contribution in [3.63, 3.8) is 0 Å². The molecular weight excluding hydrogens is 294 g/mol. The number of nitrogens with zero attached hydrogens (tertiary/aromatic N) is 2. The maximum absolute atomic E-state index is 13.2. The Bertz CT molecular complexity index is 319. The number of hydrogen-bond donors (Lipinski definition) is 1. The van der Waals surface area contributed by atoms with Crippen LogP contribution in [-0.4, -0.2) is 45.9 Å². The van der Waals surface area contributed by atoms with Gasteiger partial charge in [-0.1, -0.05) is 4.90 Å². The standard InChI is InChI=1S/C5H2F10N2O/c6-2(7,8)1-3(9,16(1)18)17(4(10,11)12)5(13,14)15/h1,18H. The molecule has 1 aliphatic heterocycles. The summed E-state index contributed by atoms with van der Waals surface area (Å²) < 4.78 is 121. The quantitative estimate of drug-likeness (QED) is 0.458. The molecule has 13 heteroatoms. The van der Waals surface area contributed by atoms with E-state index in [1.54, 1.807) is 0 Å². The summed E-state index contributed by atoms with van der Waals surface area (Å²) in [6, 6.07) is -3.94. The largest absolute Gasteiger partial charge is 0.470 e. The Balaban J connectivity index is 3.19. The van der Waals surface area contributed by atoms with Crippen molar-refractivity contribution in [3.8, 4) is 0 Å². The first-order chi connectivity index (χ1) is 7.64. The van der Waals surface area contributed by atoms with Crippen molar-refractivity contribution < 1.29 is 49.1 Å². The Morgan fingerprint density at radius 1 is 0.889 bits per heavy atom. The van der Waals surface area contributed by atoms with Gasteiger partial charge in [-0.25, -0.2) is 4.39 Å². The van der Waals surface area contributed by atoms with Crippen molar-refractivity contribution in [2.24, 2.45) is 0 Å². The normalized spacial score (nSPS) is 34.0. The molecule has 1 heterocycles. The van der Waals surface area contributed by atoms with Gasteiger partial charge in [0.05, 0.1) is 0 Å². The van der Waals surface area contributed by atoms with Crippen LogP contribution in [0.25, 0.3) is 0 Å². The second-order valence-corrected chi connectivity index (χ2v) is 3.20. The minimum Gasteiger partial charge on any atom is -0.309 e. The summed E-state index contributed by atoms with van der Waals surface area (Å²) in [7, 11) is 0. The Labute approximate surface area is 91.1 Å². The lowest BCUT2D eigenvalue weighted by molar-refractivity contribution is -0.417. The molecule has 0 bridgehead atoms. The molecule has 3 unspecified atom stereocenters. The highest BCUT2D eigenvalue weighted by molar-refractivity contribution is 5.09. The lowest BCUT2D eigenvalue weighted by atomic mass is 10.3. The van der Waals surface area contributed by atoms with Crippen molar-refractivity contribution in [2.75, 3.05) is 0 Å². The molecule has 3 atom stereocenters. The maximum Gasteiger partial charge on any atom is 0.470 e. The molecule has 0 aromatic rings. The number of rotatable bonds is 1. The summed E-state index contributed by atoms with van der Waals surface area (Å²) in [5.74, 6) is -5.16. The molecule has 1 saturated heterocycles. The Kier molecular flexibility index (Phi) is 3.05. The van der Waals surface area contributed by atoms with Gasteiger partial charge in [-0.2, -0.15) is 39.5 Å². The summed E-state index contributed by atoms with van der Waals surface area (Å²) in [6.45, 7) is 0. The fourth-order valence-electron chi connectivity index (χ4n) is 1.32. The van der Waals surface area contributed by atoms with E-state index in [-0.39, 0.29) is 0 Å². The van der Waals surface area contributed by atoms with Gasteiger partial charge in [0.1, 0.15) is 0 Å². The van der Waals surface area contributed by atoms with Crippen LogP contribution in [0.2, 0.25) is 0 Å². The predicted octanol–water partition coefficient (Wildman–Crippen LogP) is 2.59. The highest BCUT2D eigenvalue weighted by Gasteiger charge is 2.86. The molecule has 108 valence electrons. The second-order valence-electron chi connectivity index (χ2n) is 3.20. The fraction of sp³-hybridized carbons (Fsp3) is 1.00. The molecule has 0 radical (unpaired) electrons. The molecule has 1 aliphatic rings. The molecule has 18 heavy (non-hydrogen) atoms. The molecule has 0 amide bonds. The van der Waals surface area contributed by atoms with E-state index in [4.69, 9.17) is 5.21 Å². The van der Waals surface area contributed by atoms with Crippen molar-refractivity contribution in [2.45, 2.75) is 30.7 Å². The van der Waals surface area contributed by atoms with Gasteiger partial charge in [-0.3, -0.25) is 0 Å².